The molecule has 1 rings (SSSR count). The Bertz CT molecular complexity index is 465. The van der Waals surface area contributed by atoms with Crippen LogP contribution in [-0.2, 0) is 4.79 Å². The number of likely N-dealkylation sites (N-methyl/N-ethyl adjacent to an activating group) is 1. The molecule has 6 heteroatoms. The van der Waals surface area contributed by atoms with Gasteiger partial charge in [-0.05, 0) is 41.9 Å². The molecule has 1 aromatic rings. The van der Waals surface area contributed by atoms with E-state index in [0.717, 1.165) is 0 Å². The first-order valence-electron chi connectivity index (χ1n) is 5.50. The van der Waals surface area contributed by atoms with Gasteiger partial charge in [-0.1, -0.05) is 6.07 Å². The van der Waals surface area contributed by atoms with Crippen molar-refractivity contribution >= 4 is 27.7 Å². The Morgan fingerprint density at radius 1 is 1.44 bits per heavy atom. The van der Waals surface area contributed by atoms with E-state index in [9.17, 15) is 14.0 Å². The monoisotopic (exact) mass is 316 g/mol. The molecule has 0 radical (unpaired) electrons. The van der Waals surface area contributed by atoms with E-state index in [0.29, 0.717) is 6.54 Å². The predicted molar refractivity (Wildman–Crippen MR) is 69.7 cm³/mol. The first kappa shape index (κ1) is 14.6. The number of nitrogens with one attached hydrogen (secondary N) is 2. The SMILES string of the molecule is CCNC(=O)C(C)NC(=O)c1cccc(Br)c1F. The third-order valence-corrected chi connectivity index (χ3v) is 2.90. The number of hydrogen-bond donors (Lipinski definition) is 2. The lowest BCUT2D eigenvalue weighted by molar-refractivity contribution is -0.122. The second-order valence-corrected chi connectivity index (χ2v) is 4.55. The topological polar surface area (TPSA) is 58.2 Å². The van der Waals surface area contributed by atoms with Gasteiger partial charge in [-0.15, -0.1) is 0 Å². The summed E-state index contributed by atoms with van der Waals surface area (Å²) >= 11 is 3.00. The summed E-state index contributed by atoms with van der Waals surface area (Å²) < 4.78 is 13.9. The molecule has 0 aromatic heterocycles. The molecule has 0 aliphatic heterocycles. The minimum Gasteiger partial charge on any atom is -0.355 e. The zero-order valence-corrected chi connectivity index (χ0v) is 11.7. The zero-order chi connectivity index (χ0) is 13.7. The van der Waals surface area contributed by atoms with Gasteiger partial charge >= 0.3 is 0 Å². The summed E-state index contributed by atoms with van der Waals surface area (Å²) in [4.78, 5) is 23.2. The fourth-order valence-electron chi connectivity index (χ4n) is 1.35. The molecular weight excluding hydrogens is 303 g/mol. The number of carbonyl (C=O) groups is 2. The summed E-state index contributed by atoms with van der Waals surface area (Å²) in [5.41, 5.74) is -0.0967. The summed E-state index contributed by atoms with van der Waals surface area (Å²) in [6.07, 6.45) is 0. The highest BCUT2D eigenvalue weighted by Crippen LogP contribution is 2.18. The van der Waals surface area contributed by atoms with Crippen molar-refractivity contribution in [2.75, 3.05) is 6.54 Å². The molecule has 2 amide bonds. The standard InChI is InChI=1S/C12H14BrFN2O2/c1-3-15-11(17)7(2)16-12(18)8-5-4-6-9(13)10(8)14/h4-7H,3H2,1-2H3,(H,15,17)(H,16,18). The van der Waals surface area contributed by atoms with Gasteiger partial charge in [-0.2, -0.15) is 0 Å². The molecule has 1 unspecified atom stereocenters. The van der Waals surface area contributed by atoms with E-state index >= 15 is 0 Å². The van der Waals surface area contributed by atoms with E-state index in [1.807, 2.05) is 0 Å². The molecule has 0 aliphatic rings. The number of benzene rings is 1. The lowest BCUT2D eigenvalue weighted by Gasteiger charge is -2.13. The largest absolute Gasteiger partial charge is 0.355 e. The maximum Gasteiger partial charge on any atom is 0.254 e. The maximum absolute atomic E-state index is 13.6. The van der Waals surface area contributed by atoms with Gasteiger partial charge in [0.15, 0.2) is 0 Å². The average molecular weight is 317 g/mol. The van der Waals surface area contributed by atoms with Gasteiger partial charge < -0.3 is 10.6 Å². The van der Waals surface area contributed by atoms with Gasteiger partial charge in [-0.3, -0.25) is 9.59 Å². The second kappa shape index (κ2) is 6.49. The van der Waals surface area contributed by atoms with E-state index in [2.05, 4.69) is 26.6 Å². The number of rotatable bonds is 4. The summed E-state index contributed by atoms with van der Waals surface area (Å²) in [6.45, 7) is 3.80. The first-order chi connectivity index (χ1) is 8.47. The van der Waals surface area contributed by atoms with Crippen molar-refractivity contribution in [3.63, 3.8) is 0 Å². The van der Waals surface area contributed by atoms with Crippen LogP contribution >= 0.6 is 15.9 Å². The van der Waals surface area contributed by atoms with Crippen LogP contribution < -0.4 is 10.6 Å². The van der Waals surface area contributed by atoms with Gasteiger partial charge in [0.1, 0.15) is 11.9 Å². The Balaban J connectivity index is 2.77. The van der Waals surface area contributed by atoms with Gasteiger partial charge in [0, 0.05) is 6.54 Å². The van der Waals surface area contributed by atoms with E-state index in [-0.39, 0.29) is 15.9 Å². The molecule has 0 saturated carbocycles. The molecule has 4 nitrogen and oxygen atoms in total. The third-order valence-electron chi connectivity index (χ3n) is 2.29. The van der Waals surface area contributed by atoms with Crippen LogP contribution in [-0.4, -0.2) is 24.4 Å². The van der Waals surface area contributed by atoms with Crippen molar-refractivity contribution in [3.05, 3.63) is 34.1 Å². The van der Waals surface area contributed by atoms with Crippen LogP contribution in [0.3, 0.4) is 0 Å². The molecule has 18 heavy (non-hydrogen) atoms. The average Bonchev–Trinajstić information content (AvgIpc) is 2.32. The van der Waals surface area contributed by atoms with Crippen LogP contribution in [0.2, 0.25) is 0 Å². The van der Waals surface area contributed by atoms with Gasteiger partial charge in [-0.25, -0.2) is 4.39 Å². The molecule has 0 spiro atoms. The summed E-state index contributed by atoms with van der Waals surface area (Å²) in [5, 5.41) is 5.01. The van der Waals surface area contributed by atoms with Crippen molar-refractivity contribution < 1.29 is 14.0 Å². The Morgan fingerprint density at radius 2 is 2.11 bits per heavy atom. The van der Waals surface area contributed by atoms with Gasteiger partial charge in [0.25, 0.3) is 5.91 Å². The van der Waals surface area contributed by atoms with Crippen molar-refractivity contribution in [1.29, 1.82) is 0 Å². The molecule has 0 heterocycles. The lowest BCUT2D eigenvalue weighted by Crippen LogP contribution is -2.44. The van der Waals surface area contributed by atoms with Crippen LogP contribution in [0, 0.1) is 5.82 Å². The van der Waals surface area contributed by atoms with Crippen LogP contribution in [0.1, 0.15) is 24.2 Å². The molecule has 0 saturated heterocycles. The lowest BCUT2D eigenvalue weighted by atomic mass is 10.2. The molecule has 1 aromatic carbocycles. The molecule has 98 valence electrons. The van der Waals surface area contributed by atoms with E-state index in [1.54, 1.807) is 19.9 Å². The van der Waals surface area contributed by atoms with Crippen molar-refractivity contribution in [1.82, 2.24) is 10.6 Å². The number of amides is 2. The highest BCUT2D eigenvalue weighted by molar-refractivity contribution is 9.10. The number of halogens is 2. The summed E-state index contributed by atoms with van der Waals surface area (Å²) in [6, 6.07) is 3.70. The molecule has 2 N–H and O–H groups in total. The van der Waals surface area contributed by atoms with Crippen molar-refractivity contribution in [3.8, 4) is 0 Å². The van der Waals surface area contributed by atoms with Crippen LogP contribution in [0.5, 0.6) is 0 Å². The fraction of sp³-hybridized carbons (Fsp3) is 0.333. The quantitative estimate of drug-likeness (QED) is 0.890. The molecule has 0 bridgehead atoms. The highest BCUT2D eigenvalue weighted by Gasteiger charge is 2.19. The molecule has 0 aliphatic carbocycles. The normalized spacial score (nSPS) is 11.8. The van der Waals surface area contributed by atoms with E-state index in [4.69, 9.17) is 0 Å². The second-order valence-electron chi connectivity index (χ2n) is 3.69. The Morgan fingerprint density at radius 3 is 2.72 bits per heavy atom. The van der Waals surface area contributed by atoms with Crippen LogP contribution in [0.15, 0.2) is 22.7 Å². The Hall–Kier alpha value is -1.43. The molecule has 1 atom stereocenters. The van der Waals surface area contributed by atoms with E-state index < -0.39 is 17.8 Å². The fourth-order valence-corrected chi connectivity index (χ4v) is 1.71. The minimum atomic E-state index is -0.712. The smallest absolute Gasteiger partial charge is 0.254 e. The minimum absolute atomic E-state index is 0.0967. The van der Waals surface area contributed by atoms with Crippen LogP contribution in [0.25, 0.3) is 0 Å². The summed E-state index contributed by atoms with van der Waals surface area (Å²) in [7, 11) is 0. The Kier molecular flexibility index (Phi) is 5.27. The maximum atomic E-state index is 13.6. The summed E-state index contributed by atoms with van der Waals surface area (Å²) in [5.74, 6) is -1.56. The molecule has 0 fully saturated rings. The number of hydrogen-bond acceptors (Lipinski definition) is 2. The number of carbonyl (C=O) groups excluding carboxylic acids is 2. The van der Waals surface area contributed by atoms with Gasteiger partial charge in [0.2, 0.25) is 5.91 Å². The predicted octanol–water partition coefficient (Wildman–Crippen LogP) is 1.84. The third kappa shape index (κ3) is 3.53. The van der Waals surface area contributed by atoms with Crippen LogP contribution in [0.4, 0.5) is 4.39 Å². The van der Waals surface area contributed by atoms with Crippen molar-refractivity contribution in [2.24, 2.45) is 0 Å². The van der Waals surface area contributed by atoms with E-state index in [1.165, 1.54) is 12.1 Å². The zero-order valence-electron chi connectivity index (χ0n) is 10.1. The Labute approximate surface area is 113 Å². The molecular formula is C12H14BrFN2O2. The van der Waals surface area contributed by atoms with Crippen molar-refractivity contribution in [2.45, 2.75) is 19.9 Å². The van der Waals surface area contributed by atoms with Gasteiger partial charge in [0.05, 0.1) is 10.0 Å². The first-order valence-corrected chi connectivity index (χ1v) is 6.29. The highest BCUT2D eigenvalue weighted by atomic mass is 79.9.